The van der Waals surface area contributed by atoms with E-state index in [0.717, 1.165) is 22.9 Å². The Morgan fingerprint density at radius 3 is 2.11 bits per heavy atom. The number of amides is 2. The standard InChI is InChI=1S/C20H20ClNO5S/c1-25-15-8-13(9-16(26-2)18(15)27-3)10-17-19(23)22(20(24)28-17)11-12-4-6-14(21)7-5-12/h4-9,17H,10-11H2,1-3H3/t17-/m0/s1. The molecule has 0 saturated carbocycles. The first-order valence-electron chi connectivity index (χ1n) is 8.52. The molecule has 148 valence electrons. The zero-order valence-electron chi connectivity index (χ0n) is 15.7. The minimum absolute atomic E-state index is 0.210. The van der Waals surface area contributed by atoms with Crippen LogP contribution in [0.15, 0.2) is 36.4 Å². The van der Waals surface area contributed by atoms with E-state index in [4.69, 9.17) is 25.8 Å². The molecular weight excluding hydrogens is 402 g/mol. The van der Waals surface area contributed by atoms with Crippen LogP contribution >= 0.6 is 23.4 Å². The zero-order chi connectivity index (χ0) is 20.3. The van der Waals surface area contributed by atoms with Crippen molar-refractivity contribution in [2.45, 2.75) is 18.2 Å². The molecule has 0 N–H and O–H groups in total. The molecule has 2 aromatic carbocycles. The van der Waals surface area contributed by atoms with E-state index in [0.29, 0.717) is 28.7 Å². The average Bonchev–Trinajstić information content (AvgIpc) is 2.96. The van der Waals surface area contributed by atoms with Gasteiger partial charge in [-0.25, -0.2) is 0 Å². The second-order valence-corrected chi connectivity index (χ2v) is 7.75. The lowest BCUT2D eigenvalue weighted by molar-refractivity contribution is -0.127. The number of carbonyl (C=O) groups excluding carboxylic acids is 2. The molecule has 1 saturated heterocycles. The Morgan fingerprint density at radius 1 is 0.964 bits per heavy atom. The molecule has 0 aliphatic carbocycles. The number of carbonyl (C=O) groups is 2. The van der Waals surface area contributed by atoms with Crippen molar-refractivity contribution in [3.8, 4) is 17.2 Å². The zero-order valence-corrected chi connectivity index (χ0v) is 17.3. The summed E-state index contributed by atoms with van der Waals surface area (Å²) in [7, 11) is 4.60. The van der Waals surface area contributed by atoms with Crippen LogP contribution in [-0.2, 0) is 17.8 Å². The molecule has 6 nitrogen and oxygen atoms in total. The SMILES string of the molecule is COc1cc(C[C@@H]2SC(=O)N(Cc3ccc(Cl)cc3)C2=O)cc(OC)c1OC. The van der Waals surface area contributed by atoms with Crippen molar-refractivity contribution in [3.05, 3.63) is 52.5 Å². The number of halogens is 1. The first kappa shape index (κ1) is 20.4. The Morgan fingerprint density at radius 2 is 1.57 bits per heavy atom. The molecule has 28 heavy (non-hydrogen) atoms. The van der Waals surface area contributed by atoms with E-state index < -0.39 is 5.25 Å². The maximum absolute atomic E-state index is 12.8. The lowest BCUT2D eigenvalue weighted by Gasteiger charge is -2.16. The molecule has 1 aliphatic heterocycles. The third-order valence-electron chi connectivity index (χ3n) is 4.40. The summed E-state index contributed by atoms with van der Waals surface area (Å²) in [6.45, 7) is 0.230. The molecule has 0 spiro atoms. The molecule has 0 aromatic heterocycles. The molecule has 0 bridgehead atoms. The number of nitrogens with zero attached hydrogens (tertiary/aromatic N) is 1. The fraction of sp³-hybridized carbons (Fsp3) is 0.300. The van der Waals surface area contributed by atoms with Crippen molar-refractivity contribution in [1.29, 1.82) is 0 Å². The van der Waals surface area contributed by atoms with Gasteiger partial charge in [0.05, 0.1) is 33.1 Å². The van der Waals surface area contributed by atoms with Gasteiger partial charge in [-0.05, 0) is 41.8 Å². The molecule has 1 atom stereocenters. The number of hydrogen-bond donors (Lipinski definition) is 0. The normalized spacial score (nSPS) is 16.4. The number of imide groups is 1. The lowest BCUT2D eigenvalue weighted by Crippen LogP contribution is -2.31. The third-order valence-corrected chi connectivity index (χ3v) is 5.73. The van der Waals surface area contributed by atoms with Gasteiger partial charge in [0.25, 0.3) is 5.24 Å². The van der Waals surface area contributed by atoms with Gasteiger partial charge in [-0.2, -0.15) is 0 Å². The number of hydrogen-bond acceptors (Lipinski definition) is 6. The van der Waals surface area contributed by atoms with Crippen molar-refractivity contribution < 1.29 is 23.8 Å². The quantitative estimate of drug-likeness (QED) is 0.668. The molecular formula is C20H20ClNO5S. The lowest BCUT2D eigenvalue weighted by atomic mass is 10.1. The summed E-state index contributed by atoms with van der Waals surface area (Å²) in [5.74, 6) is 1.30. The maximum atomic E-state index is 12.8. The predicted octanol–water partition coefficient (Wildman–Crippen LogP) is 4.17. The second-order valence-electron chi connectivity index (χ2n) is 6.16. The highest BCUT2D eigenvalue weighted by atomic mass is 35.5. The van der Waals surface area contributed by atoms with Gasteiger partial charge in [-0.15, -0.1) is 0 Å². The van der Waals surface area contributed by atoms with E-state index in [1.807, 2.05) is 0 Å². The largest absolute Gasteiger partial charge is 0.493 e. The van der Waals surface area contributed by atoms with Crippen LogP contribution in [0.4, 0.5) is 4.79 Å². The van der Waals surface area contributed by atoms with Crippen molar-refractivity contribution in [2.24, 2.45) is 0 Å². The first-order chi connectivity index (χ1) is 13.5. The Hall–Kier alpha value is -2.38. The van der Waals surface area contributed by atoms with Gasteiger partial charge >= 0.3 is 0 Å². The van der Waals surface area contributed by atoms with Crippen LogP contribution in [0.3, 0.4) is 0 Å². The van der Waals surface area contributed by atoms with Gasteiger partial charge in [0.15, 0.2) is 11.5 Å². The number of methoxy groups -OCH3 is 3. The summed E-state index contributed by atoms with van der Waals surface area (Å²) in [5.41, 5.74) is 1.67. The Balaban J connectivity index is 1.77. The second kappa shape index (κ2) is 8.75. The number of ether oxygens (including phenoxy) is 3. The highest BCUT2D eigenvalue weighted by molar-refractivity contribution is 8.15. The van der Waals surface area contributed by atoms with Gasteiger partial charge in [0.1, 0.15) is 0 Å². The van der Waals surface area contributed by atoms with Gasteiger partial charge in [-0.1, -0.05) is 35.5 Å². The van der Waals surface area contributed by atoms with Crippen LogP contribution < -0.4 is 14.2 Å². The van der Waals surface area contributed by atoms with E-state index in [-0.39, 0.29) is 17.7 Å². The Labute approximate surface area is 172 Å². The smallest absolute Gasteiger partial charge is 0.289 e. The highest BCUT2D eigenvalue weighted by Gasteiger charge is 2.39. The molecule has 1 fully saturated rings. The number of thioether (sulfide) groups is 1. The van der Waals surface area contributed by atoms with E-state index in [1.165, 1.54) is 26.2 Å². The summed E-state index contributed by atoms with van der Waals surface area (Å²) in [6, 6.07) is 10.7. The molecule has 1 aliphatic rings. The molecule has 2 amide bonds. The summed E-state index contributed by atoms with van der Waals surface area (Å²) >= 11 is 6.92. The molecule has 0 radical (unpaired) electrons. The minimum Gasteiger partial charge on any atom is -0.493 e. The van der Waals surface area contributed by atoms with E-state index in [1.54, 1.807) is 36.4 Å². The molecule has 8 heteroatoms. The average molecular weight is 422 g/mol. The topological polar surface area (TPSA) is 65.1 Å². The number of rotatable bonds is 7. The maximum Gasteiger partial charge on any atom is 0.289 e. The molecule has 2 aromatic rings. The van der Waals surface area contributed by atoms with Gasteiger partial charge in [-0.3, -0.25) is 14.5 Å². The fourth-order valence-electron chi connectivity index (χ4n) is 3.01. The van der Waals surface area contributed by atoms with Gasteiger partial charge in [0.2, 0.25) is 11.7 Å². The van der Waals surface area contributed by atoms with Crippen LogP contribution in [0.5, 0.6) is 17.2 Å². The van der Waals surface area contributed by atoms with Crippen LogP contribution in [0, 0.1) is 0 Å². The van der Waals surface area contributed by atoms with Crippen molar-refractivity contribution in [2.75, 3.05) is 21.3 Å². The van der Waals surface area contributed by atoms with Crippen LogP contribution in [0.2, 0.25) is 5.02 Å². The Kier molecular flexibility index (Phi) is 6.36. The van der Waals surface area contributed by atoms with E-state index >= 15 is 0 Å². The van der Waals surface area contributed by atoms with Crippen LogP contribution in [0.1, 0.15) is 11.1 Å². The first-order valence-corrected chi connectivity index (χ1v) is 9.78. The van der Waals surface area contributed by atoms with Gasteiger partial charge < -0.3 is 14.2 Å². The number of benzene rings is 2. The van der Waals surface area contributed by atoms with Crippen LogP contribution in [0.25, 0.3) is 0 Å². The van der Waals surface area contributed by atoms with E-state index in [2.05, 4.69) is 0 Å². The minimum atomic E-state index is -0.498. The van der Waals surface area contributed by atoms with Crippen molar-refractivity contribution >= 4 is 34.5 Å². The van der Waals surface area contributed by atoms with Crippen molar-refractivity contribution in [1.82, 2.24) is 4.90 Å². The molecule has 3 rings (SSSR count). The Bertz CT molecular complexity index is 862. The molecule has 1 heterocycles. The monoisotopic (exact) mass is 421 g/mol. The summed E-state index contributed by atoms with van der Waals surface area (Å²) in [6.07, 6.45) is 0.378. The summed E-state index contributed by atoms with van der Waals surface area (Å²) in [4.78, 5) is 26.4. The summed E-state index contributed by atoms with van der Waals surface area (Å²) < 4.78 is 16.0. The summed E-state index contributed by atoms with van der Waals surface area (Å²) in [5, 5.41) is -0.141. The predicted molar refractivity (Wildman–Crippen MR) is 109 cm³/mol. The van der Waals surface area contributed by atoms with Crippen molar-refractivity contribution in [3.63, 3.8) is 0 Å². The van der Waals surface area contributed by atoms with Gasteiger partial charge in [0, 0.05) is 5.02 Å². The van der Waals surface area contributed by atoms with E-state index in [9.17, 15) is 9.59 Å². The molecule has 0 unspecified atom stereocenters. The third kappa shape index (κ3) is 4.20. The van der Waals surface area contributed by atoms with Crippen LogP contribution in [-0.4, -0.2) is 42.6 Å². The fourth-order valence-corrected chi connectivity index (χ4v) is 4.17. The highest BCUT2D eigenvalue weighted by Crippen LogP contribution is 2.40.